The number of rotatable bonds is 10. The molecule has 0 atom stereocenters. The quantitative estimate of drug-likeness (QED) is 0.257. The van der Waals surface area contributed by atoms with E-state index in [1.54, 1.807) is 18.2 Å². The van der Waals surface area contributed by atoms with Crippen LogP contribution in [0.25, 0.3) is 0 Å². The van der Waals surface area contributed by atoms with Crippen molar-refractivity contribution in [3.63, 3.8) is 0 Å². The van der Waals surface area contributed by atoms with E-state index in [1.807, 2.05) is 0 Å². The summed E-state index contributed by atoms with van der Waals surface area (Å²) < 4.78 is 38.2. The molecule has 0 saturated carbocycles. The molecule has 3 aromatic rings. The Labute approximate surface area is 201 Å². The predicted molar refractivity (Wildman–Crippen MR) is 129 cm³/mol. The van der Waals surface area contributed by atoms with Gasteiger partial charge in [0.15, 0.2) is 11.5 Å². The van der Waals surface area contributed by atoms with Crippen molar-refractivity contribution in [2.75, 3.05) is 25.1 Å². The number of hydrogen-bond acceptors (Lipinski definition) is 8. The zero-order valence-corrected chi connectivity index (χ0v) is 19.6. The molecule has 0 aliphatic rings. The van der Waals surface area contributed by atoms with E-state index in [0.29, 0.717) is 11.3 Å². The van der Waals surface area contributed by atoms with Gasteiger partial charge >= 0.3 is 0 Å². The average Bonchev–Trinajstić information content (AvgIpc) is 2.87. The lowest BCUT2D eigenvalue weighted by molar-refractivity contribution is -0.384. The second-order valence-electron chi connectivity index (χ2n) is 7.01. The van der Waals surface area contributed by atoms with E-state index in [0.717, 1.165) is 4.31 Å². The van der Waals surface area contributed by atoms with Crippen LogP contribution in [-0.2, 0) is 14.8 Å². The first-order chi connectivity index (χ1) is 16.8. The van der Waals surface area contributed by atoms with Crippen LogP contribution in [0.1, 0.15) is 5.56 Å². The van der Waals surface area contributed by atoms with Gasteiger partial charge in [-0.3, -0.25) is 19.2 Å². The summed E-state index contributed by atoms with van der Waals surface area (Å²) in [5.74, 6) is -0.0298. The van der Waals surface area contributed by atoms with Crippen LogP contribution < -0.4 is 19.2 Å². The Morgan fingerprint density at radius 2 is 1.69 bits per heavy atom. The van der Waals surface area contributed by atoms with Crippen LogP contribution in [-0.4, -0.2) is 46.2 Å². The zero-order chi connectivity index (χ0) is 25.4. The molecule has 12 heteroatoms. The summed E-state index contributed by atoms with van der Waals surface area (Å²) in [6.07, 6.45) is 1.29. The highest BCUT2D eigenvalue weighted by Crippen LogP contribution is 2.33. The van der Waals surface area contributed by atoms with Crippen molar-refractivity contribution in [3.8, 4) is 11.5 Å². The highest BCUT2D eigenvalue weighted by Gasteiger charge is 2.28. The molecule has 11 nitrogen and oxygen atoms in total. The molecule has 1 amide bonds. The summed E-state index contributed by atoms with van der Waals surface area (Å²) in [4.78, 5) is 22.8. The maximum absolute atomic E-state index is 13.4. The lowest BCUT2D eigenvalue weighted by Crippen LogP contribution is -2.39. The minimum absolute atomic E-state index is 0.00281. The van der Waals surface area contributed by atoms with E-state index in [2.05, 4.69) is 10.5 Å². The Bertz CT molecular complexity index is 1330. The number of anilines is 1. The van der Waals surface area contributed by atoms with Gasteiger partial charge in [-0.05, 0) is 42.0 Å². The molecular formula is C23H22N4O7S. The molecule has 3 aromatic carbocycles. The molecule has 0 fully saturated rings. The Morgan fingerprint density at radius 1 is 1.03 bits per heavy atom. The Balaban J connectivity index is 1.85. The van der Waals surface area contributed by atoms with Gasteiger partial charge in [-0.15, -0.1) is 0 Å². The van der Waals surface area contributed by atoms with Crippen molar-refractivity contribution >= 4 is 33.5 Å². The van der Waals surface area contributed by atoms with Gasteiger partial charge in [0.05, 0.1) is 35.9 Å². The monoisotopic (exact) mass is 498 g/mol. The first kappa shape index (κ1) is 25.2. The van der Waals surface area contributed by atoms with E-state index in [-0.39, 0.29) is 22.0 Å². The van der Waals surface area contributed by atoms with Gasteiger partial charge in [0.25, 0.3) is 21.6 Å². The van der Waals surface area contributed by atoms with Crippen molar-refractivity contribution in [3.05, 3.63) is 88.5 Å². The molecule has 0 bridgehead atoms. The number of ether oxygens (including phenoxy) is 2. The third-order valence-electron chi connectivity index (χ3n) is 4.78. The zero-order valence-electron chi connectivity index (χ0n) is 18.8. The van der Waals surface area contributed by atoms with Crippen molar-refractivity contribution in [1.82, 2.24) is 5.43 Å². The third kappa shape index (κ3) is 6.12. The number of non-ortho nitro benzene ring substituents is 1. The van der Waals surface area contributed by atoms with Crippen LogP contribution in [0.5, 0.6) is 11.5 Å². The van der Waals surface area contributed by atoms with E-state index >= 15 is 0 Å². The molecule has 0 unspecified atom stereocenters. The fraction of sp³-hybridized carbons (Fsp3) is 0.130. The number of nitrogens with one attached hydrogen (secondary N) is 1. The summed E-state index contributed by atoms with van der Waals surface area (Å²) in [6.45, 7) is -0.579. The topological polar surface area (TPSA) is 140 Å². The molecular weight excluding hydrogens is 476 g/mol. The average molecular weight is 499 g/mol. The Morgan fingerprint density at radius 3 is 2.29 bits per heavy atom. The lowest BCUT2D eigenvalue weighted by Gasteiger charge is -2.24. The fourth-order valence-electron chi connectivity index (χ4n) is 3.04. The number of benzene rings is 3. The molecule has 1 N–H and O–H groups in total. The molecule has 35 heavy (non-hydrogen) atoms. The van der Waals surface area contributed by atoms with Crippen LogP contribution in [0.4, 0.5) is 11.4 Å². The molecule has 0 spiro atoms. The van der Waals surface area contributed by atoms with Crippen molar-refractivity contribution in [1.29, 1.82) is 0 Å². The van der Waals surface area contributed by atoms with Gasteiger partial charge in [-0.1, -0.05) is 18.2 Å². The molecule has 0 saturated heterocycles. The number of nitrogens with zero attached hydrogens (tertiary/aromatic N) is 3. The van der Waals surface area contributed by atoms with Gasteiger partial charge in [-0.2, -0.15) is 5.10 Å². The standard InChI is InChI=1S/C23H22N4O7S/c1-33-21-13-12-19(14-22(21)34-2)26(35(31,32)20-6-4-3-5-7-20)16-23(28)25-24-15-17-8-10-18(11-9-17)27(29)30/h3-15H,16H2,1-2H3,(H,25,28)/b24-15-. The predicted octanol–water partition coefficient (Wildman–Crippen LogP) is 2.96. The molecule has 0 aliphatic carbocycles. The van der Waals surface area contributed by atoms with Crippen LogP contribution >= 0.6 is 0 Å². The largest absolute Gasteiger partial charge is 0.493 e. The summed E-state index contributed by atoms with van der Waals surface area (Å²) in [6, 6.07) is 17.7. The first-order valence-corrected chi connectivity index (χ1v) is 11.6. The molecule has 0 radical (unpaired) electrons. The smallest absolute Gasteiger partial charge is 0.269 e. The number of carbonyl (C=O) groups is 1. The minimum atomic E-state index is -4.12. The number of sulfonamides is 1. The van der Waals surface area contributed by atoms with Gasteiger partial charge in [0.2, 0.25) is 0 Å². The minimum Gasteiger partial charge on any atom is -0.493 e. The first-order valence-electron chi connectivity index (χ1n) is 10.1. The number of hydrogen-bond donors (Lipinski definition) is 1. The molecule has 0 aliphatic heterocycles. The fourth-order valence-corrected chi connectivity index (χ4v) is 4.48. The third-order valence-corrected chi connectivity index (χ3v) is 6.57. The Hall–Kier alpha value is -4.45. The van der Waals surface area contributed by atoms with Crippen LogP contribution in [0.2, 0.25) is 0 Å². The van der Waals surface area contributed by atoms with E-state index in [4.69, 9.17) is 9.47 Å². The van der Waals surface area contributed by atoms with Gasteiger partial charge in [-0.25, -0.2) is 13.8 Å². The number of nitro groups is 1. The molecule has 0 heterocycles. The second-order valence-corrected chi connectivity index (χ2v) is 8.87. The summed E-state index contributed by atoms with van der Waals surface area (Å²) in [7, 11) is -1.26. The van der Waals surface area contributed by atoms with Gasteiger partial charge < -0.3 is 9.47 Å². The molecule has 0 aromatic heterocycles. The van der Waals surface area contributed by atoms with Crippen LogP contribution in [0, 0.1) is 10.1 Å². The van der Waals surface area contributed by atoms with Crippen LogP contribution in [0.3, 0.4) is 0 Å². The highest BCUT2D eigenvalue weighted by molar-refractivity contribution is 7.92. The van der Waals surface area contributed by atoms with Crippen molar-refractivity contribution < 1.29 is 27.6 Å². The van der Waals surface area contributed by atoms with Crippen molar-refractivity contribution in [2.24, 2.45) is 5.10 Å². The van der Waals surface area contributed by atoms with Gasteiger partial charge in [0, 0.05) is 18.2 Å². The van der Waals surface area contributed by atoms with E-state index in [9.17, 15) is 23.3 Å². The second kappa shape index (κ2) is 11.1. The number of methoxy groups -OCH3 is 2. The maximum Gasteiger partial charge on any atom is 0.269 e. The maximum atomic E-state index is 13.4. The number of hydrazone groups is 1. The van der Waals surface area contributed by atoms with E-state index < -0.39 is 27.4 Å². The molecule has 182 valence electrons. The number of nitro benzene ring substituents is 1. The van der Waals surface area contributed by atoms with Crippen molar-refractivity contribution in [2.45, 2.75) is 4.90 Å². The van der Waals surface area contributed by atoms with E-state index in [1.165, 1.54) is 75.0 Å². The Kier molecular flexibility index (Phi) is 8.00. The summed E-state index contributed by atoms with van der Waals surface area (Å²) in [5, 5.41) is 14.6. The van der Waals surface area contributed by atoms with Crippen LogP contribution in [0.15, 0.2) is 82.8 Å². The number of amides is 1. The summed E-state index contributed by atoms with van der Waals surface area (Å²) >= 11 is 0. The lowest BCUT2D eigenvalue weighted by atomic mass is 10.2. The van der Waals surface area contributed by atoms with Gasteiger partial charge in [0.1, 0.15) is 6.54 Å². The molecule has 3 rings (SSSR count). The normalized spacial score (nSPS) is 11.1. The SMILES string of the molecule is COc1ccc(N(CC(=O)N/N=C\c2ccc([N+](=O)[O-])cc2)S(=O)(=O)c2ccccc2)cc1OC. The highest BCUT2D eigenvalue weighted by atomic mass is 32.2. The summed E-state index contributed by atoms with van der Waals surface area (Å²) in [5.41, 5.74) is 2.88. The number of carbonyl (C=O) groups excluding carboxylic acids is 1.